The summed E-state index contributed by atoms with van der Waals surface area (Å²) in [7, 11) is 0. The van der Waals surface area contributed by atoms with Gasteiger partial charge in [0.1, 0.15) is 0 Å². The van der Waals surface area contributed by atoms with Crippen LogP contribution in [0.4, 0.5) is 0 Å². The highest BCUT2D eigenvalue weighted by Gasteiger charge is 2.33. The van der Waals surface area contributed by atoms with E-state index in [0.717, 1.165) is 12.8 Å². The molecule has 1 heterocycles. The summed E-state index contributed by atoms with van der Waals surface area (Å²) in [6, 6.07) is 6.96. The van der Waals surface area contributed by atoms with Crippen LogP contribution in [-0.4, -0.2) is 53.3 Å². The lowest BCUT2D eigenvalue weighted by molar-refractivity contribution is -0.136. The molecule has 2 rings (SSSR count). The van der Waals surface area contributed by atoms with Gasteiger partial charge in [0, 0.05) is 36.8 Å². The zero-order valence-electron chi connectivity index (χ0n) is 14.4. The Bertz CT molecular complexity index is 604. The Labute approximate surface area is 148 Å². The zero-order valence-corrected chi connectivity index (χ0v) is 15.2. The van der Waals surface area contributed by atoms with Gasteiger partial charge in [-0.05, 0) is 38.0 Å². The second-order valence-corrected chi connectivity index (χ2v) is 7.05. The second kappa shape index (κ2) is 7.99. The number of rotatable bonds is 4. The molecular weight excluding hydrogens is 326 g/mol. The van der Waals surface area contributed by atoms with Crippen molar-refractivity contribution in [3.8, 4) is 0 Å². The lowest BCUT2D eigenvalue weighted by Gasteiger charge is -2.31. The Morgan fingerprint density at radius 1 is 1.21 bits per heavy atom. The monoisotopic (exact) mass is 351 g/mol. The van der Waals surface area contributed by atoms with E-state index in [4.69, 9.17) is 17.3 Å². The maximum Gasteiger partial charge on any atom is 0.253 e. The van der Waals surface area contributed by atoms with E-state index in [1.165, 1.54) is 0 Å². The summed E-state index contributed by atoms with van der Waals surface area (Å²) in [5.74, 6) is -0.0720. The van der Waals surface area contributed by atoms with Gasteiger partial charge in [-0.1, -0.05) is 31.0 Å². The number of amides is 2. The molecule has 1 aliphatic heterocycles. The highest BCUT2D eigenvalue weighted by molar-refractivity contribution is 6.30. The van der Waals surface area contributed by atoms with Crippen molar-refractivity contribution in [3.63, 3.8) is 0 Å². The molecule has 0 aromatic heterocycles. The van der Waals surface area contributed by atoms with Crippen LogP contribution < -0.4 is 5.73 Å². The Morgan fingerprint density at radius 2 is 1.88 bits per heavy atom. The van der Waals surface area contributed by atoms with Crippen molar-refractivity contribution in [2.45, 2.75) is 38.6 Å². The molecule has 1 aromatic rings. The standard InChI is InChI=1S/C18H26ClN3O2/c1-3-8-18(2,20)17(24)22-10-5-9-21(11-12-22)16(23)14-6-4-7-15(19)13-14/h4,6-7,13H,3,5,8-12,20H2,1-2H3. The lowest BCUT2D eigenvalue weighted by atomic mass is 9.95. The molecular formula is C18H26ClN3O2. The first-order chi connectivity index (χ1) is 11.3. The van der Waals surface area contributed by atoms with E-state index < -0.39 is 5.54 Å². The van der Waals surface area contributed by atoms with Crippen molar-refractivity contribution in [3.05, 3.63) is 34.9 Å². The predicted molar refractivity (Wildman–Crippen MR) is 96.1 cm³/mol. The average molecular weight is 352 g/mol. The van der Waals surface area contributed by atoms with Gasteiger partial charge < -0.3 is 15.5 Å². The topological polar surface area (TPSA) is 66.6 Å². The van der Waals surface area contributed by atoms with E-state index in [1.54, 1.807) is 41.0 Å². The minimum atomic E-state index is -0.832. The third-order valence-corrected chi connectivity index (χ3v) is 4.63. The summed E-state index contributed by atoms with van der Waals surface area (Å²) in [5.41, 5.74) is 5.92. The molecule has 6 heteroatoms. The minimum Gasteiger partial charge on any atom is -0.339 e. The van der Waals surface area contributed by atoms with Gasteiger partial charge in [-0.2, -0.15) is 0 Å². The number of nitrogens with two attached hydrogens (primary N) is 1. The Hall–Kier alpha value is -1.59. The first kappa shape index (κ1) is 18.7. The molecule has 2 amide bonds. The molecule has 0 saturated carbocycles. The molecule has 5 nitrogen and oxygen atoms in total. The minimum absolute atomic E-state index is 0.0265. The molecule has 0 spiro atoms. The fourth-order valence-electron chi connectivity index (χ4n) is 3.12. The Kier molecular flexibility index (Phi) is 6.24. The summed E-state index contributed by atoms with van der Waals surface area (Å²) in [4.78, 5) is 28.8. The van der Waals surface area contributed by atoms with Gasteiger partial charge in [0.2, 0.25) is 5.91 Å². The summed E-state index contributed by atoms with van der Waals surface area (Å²) < 4.78 is 0. The van der Waals surface area contributed by atoms with Crippen molar-refractivity contribution in [2.75, 3.05) is 26.2 Å². The van der Waals surface area contributed by atoms with E-state index in [2.05, 4.69) is 0 Å². The fraction of sp³-hybridized carbons (Fsp3) is 0.556. The number of carbonyl (C=O) groups excluding carboxylic acids is 2. The number of halogens is 1. The smallest absolute Gasteiger partial charge is 0.253 e. The van der Waals surface area contributed by atoms with E-state index in [1.807, 2.05) is 6.92 Å². The molecule has 2 N–H and O–H groups in total. The maximum absolute atomic E-state index is 12.6. The van der Waals surface area contributed by atoms with E-state index in [0.29, 0.717) is 43.2 Å². The third-order valence-electron chi connectivity index (χ3n) is 4.40. The summed E-state index contributed by atoms with van der Waals surface area (Å²) in [6.45, 7) is 6.10. The Balaban J connectivity index is 2.02. The van der Waals surface area contributed by atoms with E-state index in [-0.39, 0.29) is 11.8 Å². The summed E-state index contributed by atoms with van der Waals surface area (Å²) >= 11 is 5.97. The van der Waals surface area contributed by atoms with Crippen LogP contribution in [0.5, 0.6) is 0 Å². The zero-order chi connectivity index (χ0) is 17.7. The van der Waals surface area contributed by atoms with E-state index >= 15 is 0 Å². The molecule has 1 saturated heterocycles. The third kappa shape index (κ3) is 4.48. The van der Waals surface area contributed by atoms with Gasteiger partial charge in [0.25, 0.3) is 5.91 Å². The molecule has 24 heavy (non-hydrogen) atoms. The molecule has 1 atom stereocenters. The van der Waals surface area contributed by atoms with Gasteiger partial charge in [0.05, 0.1) is 5.54 Å². The van der Waals surface area contributed by atoms with Crippen LogP contribution in [0.25, 0.3) is 0 Å². The number of benzene rings is 1. The fourth-order valence-corrected chi connectivity index (χ4v) is 3.31. The van der Waals surface area contributed by atoms with Crippen molar-refractivity contribution in [2.24, 2.45) is 5.73 Å². The predicted octanol–water partition coefficient (Wildman–Crippen LogP) is 2.53. The SMILES string of the molecule is CCCC(C)(N)C(=O)N1CCCN(C(=O)c2cccc(Cl)c2)CC1. The van der Waals surface area contributed by atoms with Gasteiger partial charge in [-0.15, -0.1) is 0 Å². The van der Waals surface area contributed by atoms with Gasteiger partial charge >= 0.3 is 0 Å². The first-order valence-electron chi connectivity index (χ1n) is 8.48. The van der Waals surface area contributed by atoms with E-state index in [9.17, 15) is 9.59 Å². The molecule has 1 aromatic carbocycles. The van der Waals surface area contributed by atoms with Crippen LogP contribution >= 0.6 is 11.6 Å². The average Bonchev–Trinajstić information content (AvgIpc) is 2.79. The molecule has 0 aliphatic carbocycles. The van der Waals surface area contributed by atoms with Crippen LogP contribution in [0, 0.1) is 0 Å². The number of hydrogen-bond acceptors (Lipinski definition) is 3. The molecule has 1 fully saturated rings. The maximum atomic E-state index is 12.6. The highest BCUT2D eigenvalue weighted by Crippen LogP contribution is 2.17. The molecule has 0 bridgehead atoms. The van der Waals surface area contributed by atoms with Gasteiger partial charge in [0.15, 0.2) is 0 Å². The summed E-state index contributed by atoms with van der Waals surface area (Å²) in [6.07, 6.45) is 2.28. The van der Waals surface area contributed by atoms with Gasteiger partial charge in [-0.3, -0.25) is 9.59 Å². The van der Waals surface area contributed by atoms with Crippen molar-refractivity contribution < 1.29 is 9.59 Å². The van der Waals surface area contributed by atoms with Crippen LogP contribution in [0.2, 0.25) is 5.02 Å². The Morgan fingerprint density at radius 3 is 2.54 bits per heavy atom. The van der Waals surface area contributed by atoms with Crippen molar-refractivity contribution in [1.82, 2.24) is 9.80 Å². The van der Waals surface area contributed by atoms with Crippen LogP contribution in [0.15, 0.2) is 24.3 Å². The first-order valence-corrected chi connectivity index (χ1v) is 8.86. The van der Waals surface area contributed by atoms with Gasteiger partial charge in [-0.25, -0.2) is 0 Å². The molecule has 132 valence electrons. The van der Waals surface area contributed by atoms with Crippen LogP contribution in [0.1, 0.15) is 43.5 Å². The lowest BCUT2D eigenvalue weighted by Crippen LogP contribution is -2.54. The van der Waals surface area contributed by atoms with Crippen LogP contribution in [-0.2, 0) is 4.79 Å². The molecule has 1 unspecified atom stereocenters. The number of hydrogen-bond donors (Lipinski definition) is 1. The largest absolute Gasteiger partial charge is 0.339 e. The highest BCUT2D eigenvalue weighted by atomic mass is 35.5. The normalized spacial score (nSPS) is 18.0. The number of carbonyl (C=O) groups is 2. The quantitative estimate of drug-likeness (QED) is 0.906. The second-order valence-electron chi connectivity index (χ2n) is 6.62. The van der Waals surface area contributed by atoms with Crippen molar-refractivity contribution >= 4 is 23.4 Å². The summed E-state index contributed by atoms with van der Waals surface area (Å²) in [5, 5.41) is 0.547. The molecule has 0 radical (unpaired) electrons. The van der Waals surface area contributed by atoms with Crippen LogP contribution in [0.3, 0.4) is 0 Å². The molecule has 1 aliphatic rings. The van der Waals surface area contributed by atoms with Crippen molar-refractivity contribution in [1.29, 1.82) is 0 Å². The number of nitrogens with zero attached hydrogens (tertiary/aromatic N) is 2.